The van der Waals surface area contributed by atoms with E-state index in [0.717, 1.165) is 5.92 Å². The Balaban J connectivity index is 2.16. The fourth-order valence-corrected chi connectivity index (χ4v) is 2.58. The van der Waals surface area contributed by atoms with E-state index in [1.165, 1.54) is 38.5 Å². The summed E-state index contributed by atoms with van der Waals surface area (Å²) in [7, 11) is 0. The number of carbonyl (C=O) groups is 1. The molecule has 0 aromatic rings. The van der Waals surface area contributed by atoms with Crippen LogP contribution >= 0.6 is 0 Å². The average Bonchev–Trinajstić information content (AvgIpc) is 2.19. The van der Waals surface area contributed by atoms with Gasteiger partial charge in [-0.3, -0.25) is 4.79 Å². The van der Waals surface area contributed by atoms with Crippen LogP contribution < -0.4 is 0 Å². The molecule has 2 nitrogen and oxygen atoms in total. The highest BCUT2D eigenvalue weighted by Crippen LogP contribution is 2.29. The molecule has 0 saturated heterocycles. The smallest absolute Gasteiger partial charge is 0.306 e. The van der Waals surface area contributed by atoms with E-state index in [4.69, 9.17) is 4.74 Å². The molecule has 1 aliphatic carbocycles. The average molecular weight is 212 g/mol. The lowest BCUT2D eigenvalue weighted by molar-refractivity contribution is -0.144. The van der Waals surface area contributed by atoms with E-state index < -0.39 is 0 Å². The molecule has 0 aliphatic heterocycles. The molecule has 1 unspecified atom stereocenters. The van der Waals surface area contributed by atoms with Crippen molar-refractivity contribution in [2.45, 2.75) is 58.8 Å². The summed E-state index contributed by atoms with van der Waals surface area (Å²) in [5, 5.41) is 0. The van der Waals surface area contributed by atoms with E-state index in [1.807, 2.05) is 6.92 Å². The van der Waals surface area contributed by atoms with Gasteiger partial charge in [-0.1, -0.05) is 39.0 Å². The van der Waals surface area contributed by atoms with Gasteiger partial charge < -0.3 is 4.74 Å². The molecule has 1 saturated carbocycles. The van der Waals surface area contributed by atoms with E-state index in [9.17, 15) is 4.79 Å². The molecule has 1 rings (SSSR count). The summed E-state index contributed by atoms with van der Waals surface area (Å²) >= 11 is 0. The molecule has 15 heavy (non-hydrogen) atoms. The maximum absolute atomic E-state index is 11.3. The Kier molecular flexibility index (Phi) is 5.74. The Morgan fingerprint density at radius 3 is 2.60 bits per heavy atom. The van der Waals surface area contributed by atoms with Crippen LogP contribution in [0.25, 0.3) is 0 Å². The molecule has 1 fully saturated rings. The predicted molar refractivity (Wildman–Crippen MR) is 61.6 cm³/mol. The molecule has 0 aromatic carbocycles. The SMILES string of the molecule is CCOC(=O)CC(C)CC1CCCCC1. The molecule has 0 amide bonds. The second-order valence-electron chi connectivity index (χ2n) is 4.85. The van der Waals surface area contributed by atoms with Crippen molar-refractivity contribution in [1.82, 2.24) is 0 Å². The van der Waals surface area contributed by atoms with Gasteiger partial charge >= 0.3 is 5.97 Å². The Morgan fingerprint density at radius 2 is 2.00 bits per heavy atom. The first kappa shape index (κ1) is 12.5. The first-order valence-corrected chi connectivity index (χ1v) is 6.38. The Hall–Kier alpha value is -0.530. The molecule has 1 atom stereocenters. The molecule has 0 bridgehead atoms. The summed E-state index contributed by atoms with van der Waals surface area (Å²) in [5.41, 5.74) is 0. The highest BCUT2D eigenvalue weighted by molar-refractivity contribution is 5.69. The summed E-state index contributed by atoms with van der Waals surface area (Å²) in [4.78, 5) is 11.3. The molecular weight excluding hydrogens is 188 g/mol. The summed E-state index contributed by atoms with van der Waals surface area (Å²) in [6.07, 6.45) is 8.72. The number of esters is 1. The summed E-state index contributed by atoms with van der Waals surface area (Å²) in [6, 6.07) is 0. The van der Waals surface area contributed by atoms with Crippen LogP contribution in [0.3, 0.4) is 0 Å². The lowest BCUT2D eigenvalue weighted by atomic mass is 9.82. The van der Waals surface area contributed by atoms with Crippen molar-refractivity contribution in [3.8, 4) is 0 Å². The molecule has 0 heterocycles. The number of ether oxygens (including phenoxy) is 1. The minimum atomic E-state index is -0.0270. The van der Waals surface area contributed by atoms with E-state index in [-0.39, 0.29) is 5.97 Å². The first-order chi connectivity index (χ1) is 7.22. The van der Waals surface area contributed by atoms with Crippen molar-refractivity contribution >= 4 is 5.97 Å². The van der Waals surface area contributed by atoms with Gasteiger partial charge in [-0.25, -0.2) is 0 Å². The molecule has 88 valence electrons. The monoisotopic (exact) mass is 212 g/mol. The largest absolute Gasteiger partial charge is 0.466 e. The van der Waals surface area contributed by atoms with Gasteiger partial charge in [-0.15, -0.1) is 0 Å². The topological polar surface area (TPSA) is 26.3 Å². The van der Waals surface area contributed by atoms with Crippen LogP contribution in [-0.2, 0) is 9.53 Å². The zero-order valence-electron chi connectivity index (χ0n) is 10.1. The number of hydrogen-bond donors (Lipinski definition) is 0. The zero-order valence-corrected chi connectivity index (χ0v) is 10.1. The fraction of sp³-hybridized carbons (Fsp3) is 0.923. The van der Waals surface area contributed by atoms with Crippen molar-refractivity contribution in [3.63, 3.8) is 0 Å². The second-order valence-corrected chi connectivity index (χ2v) is 4.85. The van der Waals surface area contributed by atoms with Gasteiger partial charge in [0.15, 0.2) is 0 Å². The lowest BCUT2D eigenvalue weighted by Gasteiger charge is -2.24. The molecule has 0 aromatic heterocycles. The van der Waals surface area contributed by atoms with E-state index in [2.05, 4.69) is 6.92 Å². The Morgan fingerprint density at radius 1 is 1.33 bits per heavy atom. The van der Waals surface area contributed by atoms with Crippen LogP contribution in [0.5, 0.6) is 0 Å². The normalized spacial score (nSPS) is 19.9. The van der Waals surface area contributed by atoms with Gasteiger partial charge in [0.05, 0.1) is 6.61 Å². The molecule has 0 N–H and O–H groups in total. The number of rotatable bonds is 5. The van der Waals surface area contributed by atoms with Crippen LogP contribution in [0.4, 0.5) is 0 Å². The summed E-state index contributed by atoms with van der Waals surface area (Å²) in [6.45, 7) is 4.55. The van der Waals surface area contributed by atoms with Crippen molar-refractivity contribution in [2.24, 2.45) is 11.8 Å². The van der Waals surface area contributed by atoms with Crippen LogP contribution in [0, 0.1) is 11.8 Å². The van der Waals surface area contributed by atoms with E-state index >= 15 is 0 Å². The van der Waals surface area contributed by atoms with Crippen molar-refractivity contribution in [2.75, 3.05) is 6.61 Å². The molecule has 2 heteroatoms. The van der Waals surface area contributed by atoms with Gasteiger partial charge in [0.25, 0.3) is 0 Å². The maximum Gasteiger partial charge on any atom is 0.306 e. The van der Waals surface area contributed by atoms with Crippen molar-refractivity contribution in [1.29, 1.82) is 0 Å². The van der Waals surface area contributed by atoms with Gasteiger partial charge in [0.2, 0.25) is 0 Å². The minimum absolute atomic E-state index is 0.0270. The lowest BCUT2D eigenvalue weighted by Crippen LogP contribution is -2.14. The predicted octanol–water partition coefficient (Wildman–Crippen LogP) is 3.55. The molecule has 0 radical (unpaired) electrons. The summed E-state index contributed by atoms with van der Waals surface area (Å²) in [5.74, 6) is 1.33. The van der Waals surface area contributed by atoms with Gasteiger partial charge in [0.1, 0.15) is 0 Å². The molecular formula is C13H24O2. The van der Waals surface area contributed by atoms with E-state index in [1.54, 1.807) is 0 Å². The third-order valence-corrected chi connectivity index (χ3v) is 3.28. The van der Waals surface area contributed by atoms with Crippen LogP contribution in [-0.4, -0.2) is 12.6 Å². The Bertz CT molecular complexity index is 183. The van der Waals surface area contributed by atoms with Gasteiger partial charge in [0, 0.05) is 6.42 Å². The standard InChI is InChI=1S/C13H24O2/c1-3-15-13(14)10-11(2)9-12-7-5-4-6-8-12/h11-12H,3-10H2,1-2H3. The van der Waals surface area contributed by atoms with Crippen LogP contribution in [0.2, 0.25) is 0 Å². The minimum Gasteiger partial charge on any atom is -0.466 e. The van der Waals surface area contributed by atoms with Gasteiger partial charge in [-0.05, 0) is 25.2 Å². The fourth-order valence-electron chi connectivity index (χ4n) is 2.58. The third-order valence-electron chi connectivity index (χ3n) is 3.28. The van der Waals surface area contributed by atoms with Crippen LogP contribution in [0.1, 0.15) is 58.8 Å². The third kappa shape index (κ3) is 5.19. The highest BCUT2D eigenvalue weighted by Gasteiger charge is 2.18. The first-order valence-electron chi connectivity index (χ1n) is 6.38. The quantitative estimate of drug-likeness (QED) is 0.651. The van der Waals surface area contributed by atoms with Crippen molar-refractivity contribution in [3.05, 3.63) is 0 Å². The second kappa shape index (κ2) is 6.86. The summed E-state index contributed by atoms with van der Waals surface area (Å²) < 4.78 is 4.96. The van der Waals surface area contributed by atoms with Crippen molar-refractivity contribution < 1.29 is 9.53 Å². The number of hydrogen-bond acceptors (Lipinski definition) is 2. The number of carbonyl (C=O) groups excluding carboxylic acids is 1. The van der Waals surface area contributed by atoms with Crippen LogP contribution in [0.15, 0.2) is 0 Å². The maximum atomic E-state index is 11.3. The van der Waals surface area contributed by atoms with E-state index in [0.29, 0.717) is 18.9 Å². The molecule has 0 spiro atoms. The van der Waals surface area contributed by atoms with Gasteiger partial charge in [-0.2, -0.15) is 0 Å². The zero-order chi connectivity index (χ0) is 11.1. The molecule has 1 aliphatic rings. The highest BCUT2D eigenvalue weighted by atomic mass is 16.5. The Labute approximate surface area is 93.4 Å².